The van der Waals surface area contributed by atoms with E-state index in [4.69, 9.17) is 4.42 Å². The first-order chi connectivity index (χ1) is 11.9. The Kier molecular flexibility index (Phi) is 4.58. The number of nitrogens with one attached hydrogen (secondary N) is 1. The van der Waals surface area contributed by atoms with Crippen LogP contribution in [-0.2, 0) is 6.42 Å². The SMILES string of the molecule is c1cncc(-c2ccc3occ(CCCN4CCNCC4)c3c2)c1. The molecule has 0 aliphatic carbocycles. The third-order valence-corrected chi connectivity index (χ3v) is 4.78. The minimum absolute atomic E-state index is 0.972. The number of piperazine rings is 1. The molecular formula is C20H23N3O. The van der Waals surface area contributed by atoms with Crippen LogP contribution in [0.15, 0.2) is 53.4 Å². The van der Waals surface area contributed by atoms with Crippen LogP contribution in [0.5, 0.6) is 0 Å². The van der Waals surface area contributed by atoms with Crippen molar-refractivity contribution in [3.63, 3.8) is 0 Å². The Morgan fingerprint density at radius 1 is 1.12 bits per heavy atom. The molecule has 0 spiro atoms. The van der Waals surface area contributed by atoms with E-state index in [1.54, 1.807) is 6.20 Å². The van der Waals surface area contributed by atoms with E-state index >= 15 is 0 Å². The van der Waals surface area contributed by atoms with E-state index in [0.717, 1.165) is 50.3 Å². The molecule has 0 atom stereocenters. The Hall–Kier alpha value is -2.17. The van der Waals surface area contributed by atoms with Gasteiger partial charge in [-0.2, -0.15) is 0 Å². The summed E-state index contributed by atoms with van der Waals surface area (Å²) in [6.45, 7) is 5.72. The third-order valence-electron chi connectivity index (χ3n) is 4.78. The van der Waals surface area contributed by atoms with Gasteiger partial charge in [0.2, 0.25) is 0 Å². The van der Waals surface area contributed by atoms with Crippen LogP contribution < -0.4 is 5.32 Å². The van der Waals surface area contributed by atoms with Gasteiger partial charge in [0, 0.05) is 49.5 Å². The van der Waals surface area contributed by atoms with Gasteiger partial charge in [-0.3, -0.25) is 4.98 Å². The molecule has 4 rings (SSSR count). The zero-order chi connectivity index (χ0) is 16.2. The molecule has 3 aromatic rings. The van der Waals surface area contributed by atoms with Crippen LogP contribution in [0.2, 0.25) is 0 Å². The molecule has 1 N–H and O–H groups in total. The fraction of sp³-hybridized carbons (Fsp3) is 0.350. The summed E-state index contributed by atoms with van der Waals surface area (Å²) in [4.78, 5) is 6.76. The normalized spacial score (nSPS) is 15.8. The summed E-state index contributed by atoms with van der Waals surface area (Å²) in [6.07, 6.45) is 7.88. The molecular weight excluding hydrogens is 298 g/mol. The Morgan fingerprint density at radius 3 is 2.88 bits per heavy atom. The maximum Gasteiger partial charge on any atom is 0.134 e. The first kappa shape index (κ1) is 15.4. The van der Waals surface area contributed by atoms with E-state index in [-0.39, 0.29) is 0 Å². The van der Waals surface area contributed by atoms with Crippen LogP contribution in [0.3, 0.4) is 0 Å². The Morgan fingerprint density at radius 2 is 2.04 bits per heavy atom. The largest absolute Gasteiger partial charge is 0.464 e. The quantitative estimate of drug-likeness (QED) is 0.782. The number of hydrogen-bond acceptors (Lipinski definition) is 4. The van der Waals surface area contributed by atoms with E-state index in [1.165, 1.54) is 22.9 Å². The number of aryl methyl sites for hydroxylation is 1. The van der Waals surface area contributed by atoms with E-state index in [0.29, 0.717) is 0 Å². The molecule has 4 heteroatoms. The van der Waals surface area contributed by atoms with Crippen molar-refractivity contribution in [3.8, 4) is 11.1 Å². The molecule has 1 saturated heterocycles. The number of pyridine rings is 1. The molecule has 3 heterocycles. The lowest BCUT2D eigenvalue weighted by Crippen LogP contribution is -2.43. The number of benzene rings is 1. The highest BCUT2D eigenvalue weighted by atomic mass is 16.3. The molecule has 24 heavy (non-hydrogen) atoms. The molecule has 1 aliphatic rings. The number of nitrogens with zero attached hydrogens (tertiary/aromatic N) is 2. The van der Waals surface area contributed by atoms with Crippen LogP contribution >= 0.6 is 0 Å². The first-order valence-corrected chi connectivity index (χ1v) is 8.74. The van der Waals surface area contributed by atoms with E-state index < -0.39 is 0 Å². The van der Waals surface area contributed by atoms with Crippen molar-refractivity contribution in [1.82, 2.24) is 15.2 Å². The van der Waals surface area contributed by atoms with Crippen molar-refractivity contribution in [2.24, 2.45) is 0 Å². The number of fused-ring (bicyclic) bond motifs is 1. The van der Waals surface area contributed by atoms with Gasteiger partial charge < -0.3 is 14.6 Å². The zero-order valence-corrected chi connectivity index (χ0v) is 13.9. The lowest BCUT2D eigenvalue weighted by molar-refractivity contribution is 0.238. The highest BCUT2D eigenvalue weighted by Crippen LogP contribution is 2.28. The van der Waals surface area contributed by atoms with Crippen molar-refractivity contribution >= 4 is 11.0 Å². The van der Waals surface area contributed by atoms with Gasteiger partial charge in [0.15, 0.2) is 0 Å². The Bertz CT molecular complexity index is 791. The van der Waals surface area contributed by atoms with Gasteiger partial charge in [-0.05, 0) is 48.7 Å². The molecule has 1 aliphatic heterocycles. The Labute approximate surface area is 142 Å². The second-order valence-corrected chi connectivity index (χ2v) is 6.41. The molecule has 0 unspecified atom stereocenters. The predicted molar refractivity (Wildman–Crippen MR) is 97.1 cm³/mol. The highest BCUT2D eigenvalue weighted by Gasteiger charge is 2.11. The topological polar surface area (TPSA) is 41.3 Å². The van der Waals surface area contributed by atoms with Gasteiger partial charge >= 0.3 is 0 Å². The fourth-order valence-electron chi connectivity index (χ4n) is 3.42. The maximum atomic E-state index is 5.74. The van der Waals surface area contributed by atoms with E-state index in [9.17, 15) is 0 Å². The maximum absolute atomic E-state index is 5.74. The molecule has 0 saturated carbocycles. The molecule has 0 radical (unpaired) electrons. The summed E-state index contributed by atoms with van der Waals surface area (Å²) in [6, 6.07) is 10.5. The molecule has 124 valence electrons. The standard InChI is InChI=1S/C20H23N3O/c1-3-17(14-22-7-1)16-5-6-20-19(13-16)18(15-24-20)4-2-10-23-11-8-21-9-12-23/h1,3,5-7,13-15,21H,2,4,8-12H2. The minimum Gasteiger partial charge on any atom is -0.464 e. The monoisotopic (exact) mass is 321 g/mol. The molecule has 4 nitrogen and oxygen atoms in total. The zero-order valence-electron chi connectivity index (χ0n) is 13.9. The lowest BCUT2D eigenvalue weighted by atomic mass is 10.0. The van der Waals surface area contributed by atoms with Crippen molar-refractivity contribution < 1.29 is 4.42 Å². The Balaban J connectivity index is 1.48. The van der Waals surface area contributed by atoms with Crippen LogP contribution in [0.1, 0.15) is 12.0 Å². The van der Waals surface area contributed by atoms with Crippen LogP contribution in [0.4, 0.5) is 0 Å². The van der Waals surface area contributed by atoms with Crippen LogP contribution in [0.25, 0.3) is 22.1 Å². The lowest BCUT2D eigenvalue weighted by Gasteiger charge is -2.26. The van der Waals surface area contributed by atoms with Crippen LogP contribution in [-0.4, -0.2) is 42.6 Å². The van der Waals surface area contributed by atoms with Crippen molar-refractivity contribution in [2.75, 3.05) is 32.7 Å². The van der Waals surface area contributed by atoms with Gasteiger partial charge in [-0.1, -0.05) is 12.1 Å². The number of furan rings is 1. The average molecular weight is 321 g/mol. The molecule has 0 amide bonds. The molecule has 2 aromatic heterocycles. The minimum atomic E-state index is 0.972. The number of aromatic nitrogens is 1. The van der Waals surface area contributed by atoms with Gasteiger partial charge in [-0.25, -0.2) is 0 Å². The number of rotatable bonds is 5. The highest BCUT2D eigenvalue weighted by molar-refractivity contribution is 5.86. The smallest absolute Gasteiger partial charge is 0.134 e. The van der Waals surface area contributed by atoms with Crippen molar-refractivity contribution in [1.29, 1.82) is 0 Å². The van der Waals surface area contributed by atoms with E-state index in [2.05, 4.69) is 39.5 Å². The average Bonchev–Trinajstić information content (AvgIpc) is 3.06. The van der Waals surface area contributed by atoms with E-state index in [1.807, 2.05) is 18.5 Å². The summed E-state index contributed by atoms with van der Waals surface area (Å²) >= 11 is 0. The van der Waals surface area contributed by atoms with Gasteiger partial charge in [0.25, 0.3) is 0 Å². The van der Waals surface area contributed by atoms with Gasteiger partial charge in [-0.15, -0.1) is 0 Å². The number of hydrogen-bond donors (Lipinski definition) is 1. The summed E-state index contributed by atoms with van der Waals surface area (Å²) in [5, 5.41) is 4.64. The third kappa shape index (κ3) is 3.35. The summed E-state index contributed by atoms with van der Waals surface area (Å²) in [7, 11) is 0. The molecule has 1 fully saturated rings. The summed E-state index contributed by atoms with van der Waals surface area (Å²) < 4.78 is 5.74. The molecule has 0 bridgehead atoms. The summed E-state index contributed by atoms with van der Waals surface area (Å²) in [5.74, 6) is 0. The summed E-state index contributed by atoms with van der Waals surface area (Å²) in [5.41, 5.74) is 4.62. The van der Waals surface area contributed by atoms with Crippen LogP contribution in [0, 0.1) is 0 Å². The van der Waals surface area contributed by atoms with Crippen molar-refractivity contribution in [2.45, 2.75) is 12.8 Å². The second kappa shape index (κ2) is 7.16. The fourth-order valence-corrected chi connectivity index (χ4v) is 3.42. The van der Waals surface area contributed by atoms with Gasteiger partial charge in [0.1, 0.15) is 5.58 Å². The van der Waals surface area contributed by atoms with Crippen molar-refractivity contribution in [3.05, 3.63) is 54.6 Å². The predicted octanol–water partition coefficient (Wildman–Crippen LogP) is 3.33. The molecule has 1 aromatic carbocycles. The van der Waals surface area contributed by atoms with Gasteiger partial charge in [0.05, 0.1) is 6.26 Å². The first-order valence-electron chi connectivity index (χ1n) is 8.74. The second-order valence-electron chi connectivity index (χ2n) is 6.41.